The highest BCUT2D eigenvalue weighted by Gasteiger charge is 2.17. The summed E-state index contributed by atoms with van der Waals surface area (Å²) in [4.78, 5) is 6.89. The molecule has 0 atom stereocenters. The Hall–Kier alpha value is -1.65. The van der Waals surface area contributed by atoms with E-state index in [4.69, 9.17) is 9.15 Å². The Balaban J connectivity index is 1.44. The summed E-state index contributed by atoms with van der Waals surface area (Å²) >= 11 is 0. The number of rotatable bonds is 4. The molecule has 0 saturated carbocycles. The monoisotopic (exact) mass is 312 g/mol. The van der Waals surface area contributed by atoms with Gasteiger partial charge < -0.3 is 9.15 Å². The van der Waals surface area contributed by atoms with Crippen molar-refractivity contribution in [3.8, 4) is 11.5 Å². The van der Waals surface area contributed by atoms with Gasteiger partial charge in [0.2, 0.25) is 5.89 Å². The molecule has 0 radical (unpaired) electrons. The average Bonchev–Trinajstić information content (AvgIpc) is 3.28. The van der Waals surface area contributed by atoms with Crippen LogP contribution in [0.4, 0.5) is 0 Å². The Morgan fingerprint density at radius 1 is 1.04 bits per heavy atom. The molecule has 1 aromatic carbocycles. The van der Waals surface area contributed by atoms with Gasteiger partial charge in [-0.3, -0.25) is 4.90 Å². The van der Waals surface area contributed by atoms with E-state index in [0.717, 1.165) is 49.8 Å². The Morgan fingerprint density at radius 3 is 2.52 bits per heavy atom. The Bertz CT molecular complexity index is 623. The molecule has 2 aromatic rings. The Morgan fingerprint density at radius 2 is 1.78 bits per heavy atom. The average molecular weight is 312 g/mol. The van der Waals surface area contributed by atoms with Crippen molar-refractivity contribution in [2.24, 2.45) is 0 Å². The zero-order valence-corrected chi connectivity index (χ0v) is 13.5. The van der Waals surface area contributed by atoms with Crippen molar-refractivity contribution >= 4 is 0 Å². The van der Waals surface area contributed by atoms with Gasteiger partial charge in [0.1, 0.15) is 5.76 Å². The molecular weight excluding hydrogens is 288 g/mol. The minimum absolute atomic E-state index is 0.632. The molecule has 1 aromatic heterocycles. The smallest absolute Gasteiger partial charge is 0.226 e. The molecule has 0 unspecified atom stereocenters. The summed E-state index contributed by atoms with van der Waals surface area (Å²) in [6.07, 6.45) is 6.72. The zero-order valence-electron chi connectivity index (χ0n) is 13.5. The van der Waals surface area contributed by atoms with E-state index in [1.807, 2.05) is 6.20 Å². The fourth-order valence-electron chi connectivity index (χ4n) is 3.60. The van der Waals surface area contributed by atoms with Gasteiger partial charge in [-0.2, -0.15) is 0 Å². The summed E-state index contributed by atoms with van der Waals surface area (Å²) in [7, 11) is 0. The molecule has 23 heavy (non-hydrogen) atoms. The van der Waals surface area contributed by atoms with Gasteiger partial charge >= 0.3 is 0 Å². The van der Waals surface area contributed by atoms with Crippen molar-refractivity contribution in [2.75, 3.05) is 26.3 Å². The molecule has 0 spiro atoms. The first-order valence-electron chi connectivity index (χ1n) is 8.73. The lowest BCUT2D eigenvalue weighted by molar-refractivity contribution is 0.0853. The number of ether oxygens (including phenoxy) is 1. The third kappa shape index (κ3) is 3.48. The predicted molar refractivity (Wildman–Crippen MR) is 89.2 cm³/mol. The number of hydrogen-bond acceptors (Lipinski definition) is 4. The van der Waals surface area contributed by atoms with E-state index in [-0.39, 0.29) is 0 Å². The van der Waals surface area contributed by atoms with Crippen molar-refractivity contribution < 1.29 is 9.15 Å². The molecule has 2 fully saturated rings. The third-order valence-corrected chi connectivity index (χ3v) is 4.98. The van der Waals surface area contributed by atoms with Crippen LogP contribution in [-0.2, 0) is 11.3 Å². The van der Waals surface area contributed by atoms with Crippen LogP contribution < -0.4 is 0 Å². The third-order valence-electron chi connectivity index (χ3n) is 4.98. The van der Waals surface area contributed by atoms with E-state index in [9.17, 15) is 0 Å². The van der Waals surface area contributed by atoms with Gasteiger partial charge in [0.25, 0.3) is 0 Å². The van der Waals surface area contributed by atoms with Crippen LogP contribution in [-0.4, -0.2) is 36.2 Å². The summed E-state index contributed by atoms with van der Waals surface area (Å²) in [5, 5.41) is 0. The van der Waals surface area contributed by atoms with Crippen molar-refractivity contribution in [1.29, 1.82) is 0 Å². The maximum Gasteiger partial charge on any atom is 0.226 e. The van der Waals surface area contributed by atoms with Crippen molar-refractivity contribution in [3.63, 3.8) is 0 Å². The molecule has 0 N–H and O–H groups in total. The molecular formula is C19H24N2O2. The van der Waals surface area contributed by atoms with Gasteiger partial charge in [0, 0.05) is 18.8 Å². The Labute approximate surface area is 137 Å². The SMILES string of the molecule is c1cc(C2CCOCC2)ccc1-c1ncc(CN2CCCC2)o1. The van der Waals surface area contributed by atoms with Crippen LogP contribution in [0.5, 0.6) is 0 Å². The first-order chi connectivity index (χ1) is 11.4. The van der Waals surface area contributed by atoms with Gasteiger partial charge in [-0.25, -0.2) is 4.98 Å². The van der Waals surface area contributed by atoms with Crippen LogP contribution in [0.15, 0.2) is 34.9 Å². The summed E-state index contributed by atoms with van der Waals surface area (Å²) in [6.45, 7) is 5.00. The lowest BCUT2D eigenvalue weighted by atomic mass is 9.91. The second kappa shape index (κ2) is 6.85. The predicted octanol–water partition coefficient (Wildman–Crippen LogP) is 3.83. The van der Waals surface area contributed by atoms with Gasteiger partial charge in [-0.1, -0.05) is 12.1 Å². The molecule has 3 heterocycles. The van der Waals surface area contributed by atoms with Crippen LogP contribution in [0.2, 0.25) is 0 Å². The highest BCUT2D eigenvalue weighted by atomic mass is 16.5. The summed E-state index contributed by atoms with van der Waals surface area (Å²) in [6, 6.07) is 8.71. The number of nitrogens with zero attached hydrogens (tertiary/aromatic N) is 2. The molecule has 4 nitrogen and oxygen atoms in total. The zero-order chi connectivity index (χ0) is 15.5. The number of likely N-dealkylation sites (tertiary alicyclic amines) is 1. The summed E-state index contributed by atoms with van der Waals surface area (Å²) in [5.74, 6) is 2.33. The second-order valence-electron chi connectivity index (χ2n) is 6.62. The van der Waals surface area contributed by atoms with Crippen LogP contribution in [0, 0.1) is 0 Å². The maximum absolute atomic E-state index is 5.94. The number of hydrogen-bond donors (Lipinski definition) is 0. The van der Waals surface area contributed by atoms with Gasteiger partial charge in [0.05, 0.1) is 12.7 Å². The number of oxazole rings is 1. The molecule has 2 aliphatic heterocycles. The largest absolute Gasteiger partial charge is 0.440 e. The first-order valence-corrected chi connectivity index (χ1v) is 8.73. The van der Waals surface area contributed by atoms with Crippen LogP contribution in [0.25, 0.3) is 11.5 Å². The minimum Gasteiger partial charge on any atom is -0.440 e. The van der Waals surface area contributed by atoms with E-state index in [1.54, 1.807) is 0 Å². The molecule has 0 amide bonds. The molecule has 4 rings (SSSR count). The van der Waals surface area contributed by atoms with Gasteiger partial charge in [-0.05, 0) is 62.4 Å². The molecule has 4 heteroatoms. The fraction of sp³-hybridized carbons (Fsp3) is 0.526. The quantitative estimate of drug-likeness (QED) is 0.860. The lowest BCUT2D eigenvalue weighted by Gasteiger charge is -2.22. The number of benzene rings is 1. The second-order valence-corrected chi connectivity index (χ2v) is 6.62. The van der Waals surface area contributed by atoms with Crippen molar-refractivity contribution in [3.05, 3.63) is 41.8 Å². The van der Waals surface area contributed by atoms with E-state index >= 15 is 0 Å². The molecule has 2 saturated heterocycles. The lowest BCUT2D eigenvalue weighted by Crippen LogP contribution is -2.17. The normalized spacial score (nSPS) is 20.2. The number of aromatic nitrogens is 1. The maximum atomic E-state index is 5.94. The van der Waals surface area contributed by atoms with Crippen LogP contribution >= 0.6 is 0 Å². The molecule has 122 valence electrons. The standard InChI is InChI=1S/C19H24N2O2/c1-2-10-21(9-1)14-18-13-20-19(23-18)17-5-3-15(4-6-17)16-7-11-22-12-8-16/h3-6,13,16H,1-2,7-12,14H2. The molecule has 0 aliphatic carbocycles. The van der Waals surface area contributed by atoms with Crippen molar-refractivity contribution in [1.82, 2.24) is 9.88 Å². The molecule has 0 bridgehead atoms. The highest BCUT2D eigenvalue weighted by Crippen LogP contribution is 2.29. The fourth-order valence-corrected chi connectivity index (χ4v) is 3.60. The summed E-state index contributed by atoms with van der Waals surface area (Å²) in [5.41, 5.74) is 2.47. The minimum atomic E-state index is 0.632. The highest BCUT2D eigenvalue weighted by molar-refractivity contribution is 5.53. The van der Waals surface area contributed by atoms with E-state index in [1.165, 1.54) is 31.5 Å². The van der Waals surface area contributed by atoms with Gasteiger partial charge in [0.15, 0.2) is 0 Å². The Kier molecular flexibility index (Phi) is 4.44. The topological polar surface area (TPSA) is 38.5 Å². The first kappa shape index (κ1) is 14.9. The van der Waals surface area contributed by atoms with Crippen LogP contribution in [0.3, 0.4) is 0 Å². The van der Waals surface area contributed by atoms with Crippen LogP contribution in [0.1, 0.15) is 42.9 Å². The van der Waals surface area contributed by atoms with E-state index < -0.39 is 0 Å². The van der Waals surface area contributed by atoms with Gasteiger partial charge in [-0.15, -0.1) is 0 Å². The molecule has 2 aliphatic rings. The summed E-state index contributed by atoms with van der Waals surface area (Å²) < 4.78 is 11.4. The van der Waals surface area contributed by atoms with E-state index in [0.29, 0.717) is 5.92 Å². The van der Waals surface area contributed by atoms with Crippen molar-refractivity contribution in [2.45, 2.75) is 38.1 Å². The van der Waals surface area contributed by atoms with E-state index in [2.05, 4.69) is 34.1 Å².